The highest BCUT2D eigenvalue weighted by atomic mass is 19.1. The van der Waals surface area contributed by atoms with Gasteiger partial charge in [0.25, 0.3) is 5.69 Å². The van der Waals surface area contributed by atoms with Crippen molar-refractivity contribution in [3.05, 3.63) is 52.3 Å². The lowest BCUT2D eigenvalue weighted by Gasteiger charge is -2.14. The molecule has 3 rings (SSSR count). The summed E-state index contributed by atoms with van der Waals surface area (Å²) in [5.74, 6) is 0.934. The van der Waals surface area contributed by atoms with E-state index >= 15 is 0 Å². The van der Waals surface area contributed by atoms with E-state index in [4.69, 9.17) is 14.2 Å². The van der Waals surface area contributed by atoms with E-state index < -0.39 is 16.8 Å². The quantitative estimate of drug-likeness (QED) is 0.583. The number of anilines is 1. The van der Waals surface area contributed by atoms with Gasteiger partial charge in [-0.2, -0.15) is 0 Å². The summed E-state index contributed by atoms with van der Waals surface area (Å²) in [6.07, 6.45) is -0.917. The number of rotatable bonds is 7. The zero-order valence-electron chi connectivity index (χ0n) is 13.0. The van der Waals surface area contributed by atoms with Crippen LogP contribution in [0.25, 0.3) is 0 Å². The van der Waals surface area contributed by atoms with E-state index in [0.717, 1.165) is 6.07 Å². The molecule has 1 unspecified atom stereocenters. The number of aliphatic hydroxyl groups excluding tert-OH is 1. The van der Waals surface area contributed by atoms with E-state index in [2.05, 4.69) is 5.32 Å². The Balaban J connectivity index is 1.50. The van der Waals surface area contributed by atoms with Gasteiger partial charge in [-0.1, -0.05) is 0 Å². The van der Waals surface area contributed by atoms with Crippen LogP contribution in [0.1, 0.15) is 0 Å². The van der Waals surface area contributed by atoms with Crippen molar-refractivity contribution >= 4 is 11.4 Å². The Morgan fingerprint density at radius 2 is 2.08 bits per heavy atom. The molecule has 0 radical (unpaired) electrons. The lowest BCUT2D eigenvalue weighted by molar-refractivity contribution is -0.385. The fourth-order valence-electron chi connectivity index (χ4n) is 2.21. The summed E-state index contributed by atoms with van der Waals surface area (Å²) in [6, 6.07) is 8.29. The Kier molecular flexibility index (Phi) is 4.85. The largest absolute Gasteiger partial charge is 0.491 e. The second kappa shape index (κ2) is 7.22. The van der Waals surface area contributed by atoms with Gasteiger partial charge < -0.3 is 24.6 Å². The molecule has 0 spiro atoms. The highest BCUT2D eigenvalue weighted by Crippen LogP contribution is 2.35. The number of fused-ring (bicyclic) bond motifs is 1. The highest BCUT2D eigenvalue weighted by Gasteiger charge is 2.15. The van der Waals surface area contributed by atoms with Gasteiger partial charge in [0.1, 0.15) is 18.5 Å². The van der Waals surface area contributed by atoms with Crippen LogP contribution in [0.15, 0.2) is 36.4 Å². The summed E-state index contributed by atoms with van der Waals surface area (Å²) in [6.45, 7) is 0.145. The van der Waals surface area contributed by atoms with Gasteiger partial charge in [-0.3, -0.25) is 10.1 Å². The maximum absolute atomic E-state index is 13.7. The molecule has 1 atom stereocenters. The molecule has 9 heteroatoms. The first-order valence-corrected chi connectivity index (χ1v) is 7.41. The molecule has 2 aromatic rings. The van der Waals surface area contributed by atoms with Gasteiger partial charge >= 0.3 is 0 Å². The Morgan fingerprint density at radius 3 is 2.84 bits per heavy atom. The molecule has 0 saturated heterocycles. The van der Waals surface area contributed by atoms with Crippen LogP contribution in [0.5, 0.6) is 17.2 Å². The molecule has 132 valence electrons. The second-order valence-electron chi connectivity index (χ2n) is 5.28. The molecule has 2 aromatic carbocycles. The van der Waals surface area contributed by atoms with Crippen LogP contribution in [0.3, 0.4) is 0 Å². The van der Waals surface area contributed by atoms with Gasteiger partial charge in [0.15, 0.2) is 17.3 Å². The van der Waals surface area contributed by atoms with Crippen LogP contribution in [-0.2, 0) is 0 Å². The van der Waals surface area contributed by atoms with Crippen LogP contribution < -0.4 is 19.5 Å². The number of nitrogens with one attached hydrogen (secondary N) is 1. The number of aliphatic hydroxyl groups is 1. The normalized spacial score (nSPS) is 13.4. The van der Waals surface area contributed by atoms with Crippen LogP contribution in [0.4, 0.5) is 15.8 Å². The van der Waals surface area contributed by atoms with Gasteiger partial charge in [0, 0.05) is 18.7 Å². The summed E-state index contributed by atoms with van der Waals surface area (Å²) in [4.78, 5) is 9.89. The number of hydrogen-bond acceptors (Lipinski definition) is 7. The third kappa shape index (κ3) is 4.07. The second-order valence-corrected chi connectivity index (χ2v) is 5.28. The standard InChI is InChI=1S/C16H15FN2O6/c17-13-5-10(19(21)22)1-3-14(13)18-7-11(20)8-23-12-2-4-15-16(6-12)25-9-24-15/h1-6,11,18,20H,7-9H2. The first-order valence-electron chi connectivity index (χ1n) is 7.41. The average molecular weight is 350 g/mol. The molecule has 0 amide bonds. The monoisotopic (exact) mass is 350 g/mol. The molecule has 1 heterocycles. The van der Waals surface area contributed by atoms with E-state index in [-0.39, 0.29) is 31.3 Å². The topological polar surface area (TPSA) is 103 Å². The number of ether oxygens (including phenoxy) is 3. The number of benzene rings is 2. The van der Waals surface area contributed by atoms with Crippen LogP contribution in [0, 0.1) is 15.9 Å². The van der Waals surface area contributed by atoms with Gasteiger partial charge in [0.2, 0.25) is 6.79 Å². The van der Waals surface area contributed by atoms with Gasteiger partial charge in [0.05, 0.1) is 16.7 Å². The van der Waals surface area contributed by atoms with Crippen LogP contribution in [-0.4, -0.2) is 36.1 Å². The fourth-order valence-corrected chi connectivity index (χ4v) is 2.21. The molecule has 0 bridgehead atoms. The number of nitro groups is 1. The van der Waals surface area contributed by atoms with Gasteiger partial charge in [-0.15, -0.1) is 0 Å². The van der Waals surface area contributed by atoms with E-state index in [1.54, 1.807) is 18.2 Å². The summed E-state index contributed by atoms with van der Waals surface area (Å²) in [5, 5.41) is 23.2. The Hall–Kier alpha value is -3.07. The van der Waals surface area contributed by atoms with Crippen molar-refractivity contribution in [2.75, 3.05) is 25.3 Å². The first kappa shape index (κ1) is 16.8. The Morgan fingerprint density at radius 1 is 1.28 bits per heavy atom. The van der Waals surface area contributed by atoms with Crippen LogP contribution in [0.2, 0.25) is 0 Å². The maximum Gasteiger partial charge on any atom is 0.272 e. The predicted molar refractivity (Wildman–Crippen MR) is 85.6 cm³/mol. The zero-order valence-corrected chi connectivity index (χ0v) is 13.0. The summed E-state index contributed by atoms with van der Waals surface area (Å²) < 4.78 is 29.6. The molecular formula is C16H15FN2O6. The zero-order chi connectivity index (χ0) is 17.8. The van der Waals surface area contributed by atoms with Gasteiger partial charge in [-0.25, -0.2) is 4.39 Å². The minimum absolute atomic E-state index is 0.0132. The number of halogens is 1. The molecule has 1 aliphatic heterocycles. The molecule has 25 heavy (non-hydrogen) atoms. The smallest absolute Gasteiger partial charge is 0.272 e. The minimum Gasteiger partial charge on any atom is -0.491 e. The third-order valence-electron chi connectivity index (χ3n) is 3.48. The van der Waals surface area contributed by atoms with Crippen molar-refractivity contribution in [1.82, 2.24) is 0 Å². The number of non-ortho nitro benzene ring substituents is 1. The maximum atomic E-state index is 13.7. The van der Waals surface area contributed by atoms with E-state index in [1.807, 2.05) is 0 Å². The Bertz CT molecular complexity index is 785. The third-order valence-corrected chi connectivity index (χ3v) is 3.48. The molecular weight excluding hydrogens is 335 g/mol. The fraction of sp³-hybridized carbons (Fsp3) is 0.250. The minimum atomic E-state index is -0.917. The summed E-state index contributed by atoms with van der Waals surface area (Å²) >= 11 is 0. The van der Waals surface area contributed by atoms with Crippen LogP contribution >= 0.6 is 0 Å². The van der Waals surface area contributed by atoms with Crippen molar-refractivity contribution in [2.24, 2.45) is 0 Å². The Labute approximate surface area is 141 Å². The average Bonchev–Trinajstić information content (AvgIpc) is 3.06. The SMILES string of the molecule is O=[N+]([O-])c1ccc(NCC(O)COc2ccc3c(c2)OCO3)c(F)c1. The van der Waals surface area contributed by atoms with Crippen molar-refractivity contribution < 1.29 is 28.6 Å². The molecule has 0 aliphatic carbocycles. The van der Waals surface area contributed by atoms with E-state index in [9.17, 15) is 19.6 Å². The lowest BCUT2D eigenvalue weighted by atomic mass is 10.2. The molecule has 8 nitrogen and oxygen atoms in total. The summed E-state index contributed by atoms with van der Waals surface area (Å²) in [7, 11) is 0. The number of nitrogens with zero attached hydrogens (tertiary/aromatic N) is 1. The van der Waals surface area contributed by atoms with Crippen molar-refractivity contribution in [3.8, 4) is 17.2 Å². The van der Waals surface area contributed by atoms with E-state index in [1.165, 1.54) is 12.1 Å². The van der Waals surface area contributed by atoms with E-state index in [0.29, 0.717) is 17.2 Å². The first-order chi connectivity index (χ1) is 12.0. The molecule has 0 saturated carbocycles. The lowest BCUT2D eigenvalue weighted by Crippen LogP contribution is -2.26. The molecule has 1 aliphatic rings. The number of hydrogen-bond donors (Lipinski definition) is 2. The number of nitro benzene ring substituents is 1. The predicted octanol–water partition coefficient (Wildman–Crippen LogP) is 2.31. The highest BCUT2D eigenvalue weighted by molar-refractivity contribution is 5.50. The van der Waals surface area contributed by atoms with Crippen molar-refractivity contribution in [1.29, 1.82) is 0 Å². The molecule has 0 aromatic heterocycles. The summed E-state index contributed by atoms with van der Waals surface area (Å²) in [5.41, 5.74) is -0.275. The van der Waals surface area contributed by atoms with Crippen molar-refractivity contribution in [3.63, 3.8) is 0 Å². The molecule has 0 fully saturated rings. The van der Waals surface area contributed by atoms with Gasteiger partial charge in [-0.05, 0) is 18.2 Å². The van der Waals surface area contributed by atoms with Crippen molar-refractivity contribution in [2.45, 2.75) is 6.10 Å². The molecule has 2 N–H and O–H groups in total.